The molecule has 2 N–H and O–H groups in total. The van der Waals surface area contributed by atoms with Crippen LogP contribution in [0.15, 0.2) is 18.5 Å². The summed E-state index contributed by atoms with van der Waals surface area (Å²) in [6.07, 6.45) is 4.20. The second-order valence-electron chi connectivity index (χ2n) is 4.85. The number of carbonyl (C=O) groups is 1. The first kappa shape index (κ1) is 14.7. The van der Waals surface area contributed by atoms with E-state index in [-0.39, 0.29) is 5.91 Å². The maximum atomic E-state index is 12.5. The third-order valence-electron chi connectivity index (χ3n) is 3.57. The molecular weight excluding hydrogens is 256 g/mol. The third kappa shape index (κ3) is 3.46. The van der Waals surface area contributed by atoms with Crippen molar-refractivity contribution in [2.24, 2.45) is 5.73 Å². The monoisotopic (exact) mass is 278 g/mol. The number of rotatable bonds is 5. The Balaban J connectivity index is 1.94. The van der Waals surface area contributed by atoms with Gasteiger partial charge in [0, 0.05) is 32.4 Å². The lowest BCUT2D eigenvalue weighted by atomic mass is 10.2. The lowest BCUT2D eigenvalue weighted by Crippen LogP contribution is -2.49. The molecule has 0 aromatic carbocycles. The molecule has 1 amide bonds. The predicted molar refractivity (Wildman–Crippen MR) is 76.8 cm³/mol. The highest BCUT2D eigenvalue weighted by molar-refractivity contribution is 5.96. The van der Waals surface area contributed by atoms with Gasteiger partial charge in [0.25, 0.3) is 5.91 Å². The summed E-state index contributed by atoms with van der Waals surface area (Å²) in [6, 6.07) is 1.71. The molecule has 1 aliphatic heterocycles. The molecule has 6 nitrogen and oxygen atoms in total. The van der Waals surface area contributed by atoms with E-state index < -0.39 is 0 Å². The van der Waals surface area contributed by atoms with Gasteiger partial charge in [0.15, 0.2) is 0 Å². The number of nitrogens with zero attached hydrogens (tertiary/aromatic N) is 3. The average Bonchev–Trinajstić information content (AvgIpc) is 2.52. The fraction of sp³-hybridized carbons (Fsp3) is 0.571. The van der Waals surface area contributed by atoms with Gasteiger partial charge >= 0.3 is 0 Å². The van der Waals surface area contributed by atoms with Crippen molar-refractivity contribution in [3.63, 3.8) is 0 Å². The van der Waals surface area contributed by atoms with Crippen LogP contribution in [-0.2, 0) is 0 Å². The van der Waals surface area contributed by atoms with E-state index in [4.69, 9.17) is 10.5 Å². The van der Waals surface area contributed by atoms with Gasteiger partial charge in [0.2, 0.25) is 0 Å². The van der Waals surface area contributed by atoms with Crippen molar-refractivity contribution in [3.8, 4) is 5.75 Å². The van der Waals surface area contributed by atoms with E-state index in [0.717, 1.165) is 39.1 Å². The fourth-order valence-electron chi connectivity index (χ4n) is 2.38. The maximum absolute atomic E-state index is 12.5. The molecule has 1 fully saturated rings. The van der Waals surface area contributed by atoms with Gasteiger partial charge in [-0.25, -0.2) is 0 Å². The van der Waals surface area contributed by atoms with Crippen LogP contribution in [0.3, 0.4) is 0 Å². The minimum Gasteiger partial charge on any atom is -0.494 e. The third-order valence-corrected chi connectivity index (χ3v) is 3.57. The molecule has 110 valence electrons. The number of nitrogens with two attached hydrogens (primary N) is 1. The van der Waals surface area contributed by atoms with Gasteiger partial charge < -0.3 is 15.4 Å². The van der Waals surface area contributed by atoms with Crippen LogP contribution in [0.5, 0.6) is 5.75 Å². The zero-order chi connectivity index (χ0) is 14.4. The highest BCUT2D eigenvalue weighted by Gasteiger charge is 2.23. The van der Waals surface area contributed by atoms with Crippen molar-refractivity contribution in [2.45, 2.75) is 6.42 Å². The molecular formula is C14H22N4O2. The Labute approximate surface area is 119 Å². The molecule has 0 aliphatic carbocycles. The van der Waals surface area contributed by atoms with Gasteiger partial charge in [-0.15, -0.1) is 0 Å². The number of ether oxygens (including phenoxy) is 1. The van der Waals surface area contributed by atoms with Crippen molar-refractivity contribution in [1.82, 2.24) is 14.8 Å². The molecule has 0 spiro atoms. The first-order valence-corrected chi connectivity index (χ1v) is 6.96. The summed E-state index contributed by atoms with van der Waals surface area (Å²) in [7, 11) is 1.55. The van der Waals surface area contributed by atoms with E-state index in [2.05, 4.69) is 9.88 Å². The van der Waals surface area contributed by atoms with Crippen molar-refractivity contribution < 1.29 is 9.53 Å². The maximum Gasteiger partial charge on any atom is 0.257 e. The van der Waals surface area contributed by atoms with Crippen LogP contribution < -0.4 is 10.5 Å². The van der Waals surface area contributed by atoms with Crippen molar-refractivity contribution in [2.75, 3.05) is 46.4 Å². The fourth-order valence-corrected chi connectivity index (χ4v) is 2.38. The Kier molecular flexibility index (Phi) is 5.31. The topological polar surface area (TPSA) is 71.7 Å². The number of aromatic nitrogens is 1. The van der Waals surface area contributed by atoms with Crippen molar-refractivity contribution in [1.29, 1.82) is 0 Å². The standard InChI is InChI=1S/C14H22N4O2/c1-20-13-11-16-5-3-12(13)14(19)18-9-7-17(8-10-18)6-2-4-15/h3,5,11H,2,4,6-10,15H2,1H3. The zero-order valence-corrected chi connectivity index (χ0v) is 11.9. The molecule has 0 saturated carbocycles. The molecule has 0 unspecified atom stereocenters. The van der Waals surface area contributed by atoms with Gasteiger partial charge in [-0.05, 0) is 25.6 Å². The van der Waals surface area contributed by atoms with E-state index in [0.29, 0.717) is 17.9 Å². The molecule has 0 radical (unpaired) electrons. The Bertz CT molecular complexity index is 445. The largest absolute Gasteiger partial charge is 0.494 e. The van der Waals surface area contributed by atoms with E-state index in [1.165, 1.54) is 0 Å². The molecule has 0 atom stereocenters. The highest BCUT2D eigenvalue weighted by atomic mass is 16.5. The number of hydrogen-bond acceptors (Lipinski definition) is 5. The Morgan fingerprint density at radius 1 is 1.40 bits per heavy atom. The summed E-state index contributed by atoms with van der Waals surface area (Å²) in [4.78, 5) is 20.7. The summed E-state index contributed by atoms with van der Waals surface area (Å²) in [5, 5.41) is 0. The minimum absolute atomic E-state index is 0.0164. The summed E-state index contributed by atoms with van der Waals surface area (Å²) in [6.45, 7) is 5.02. The number of pyridine rings is 1. The van der Waals surface area contributed by atoms with Crippen LogP contribution in [0.1, 0.15) is 16.8 Å². The molecule has 2 rings (SSSR count). The van der Waals surface area contributed by atoms with Crippen LogP contribution in [0.25, 0.3) is 0 Å². The Morgan fingerprint density at radius 3 is 2.80 bits per heavy atom. The zero-order valence-electron chi connectivity index (χ0n) is 11.9. The molecule has 20 heavy (non-hydrogen) atoms. The molecule has 1 saturated heterocycles. The smallest absolute Gasteiger partial charge is 0.257 e. The quantitative estimate of drug-likeness (QED) is 0.833. The molecule has 2 heterocycles. The average molecular weight is 278 g/mol. The molecule has 1 aliphatic rings. The molecule has 1 aromatic heterocycles. The summed E-state index contributed by atoms with van der Waals surface area (Å²) < 4.78 is 5.20. The Morgan fingerprint density at radius 2 is 2.15 bits per heavy atom. The molecule has 0 bridgehead atoms. The normalized spacial score (nSPS) is 16.2. The minimum atomic E-state index is 0.0164. The number of amides is 1. The number of hydrogen-bond donors (Lipinski definition) is 1. The second-order valence-corrected chi connectivity index (χ2v) is 4.85. The first-order chi connectivity index (χ1) is 9.76. The second kappa shape index (κ2) is 7.21. The van der Waals surface area contributed by atoms with E-state index in [1.807, 2.05) is 4.90 Å². The number of piperazine rings is 1. The van der Waals surface area contributed by atoms with E-state index in [9.17, 15) is 4.79 Å². The predicted octanol–water partition coefficient (Wildman–Crippen LogP) is 0.197. The summed E-state index contributed by atoms with van der Waals surface area (Å²) in [5.41, 5.74) is 6.10. The van der Waals surface area contributed by atoms with E-state index >= 15 is 0 Å². The molecule has 6 heteroatoms. The Hall–Kier alpha value is -1.66. The van der Waals surface area contributed by atoms with Gasteiger partial charge in [0.05, 0.1) is 18.9 Å². The lowest BCUT2D eigenvalue weighted by molar-refractivity contribution is 0.0633. The van der Waals surface area contributed by atoms with Crippen LogP contribution in [0.4, 0.5) is 0 Å². The van der Waals surface area contributed by atoms with Crippen molar-refractivity contribution >= 4 is 5.91 Å². The van der Waals surface area contributed by atoms with Crippen LogP contribution >= 0.6 is 0 Å². The van der Waals surface area contributed by atoms with Crippen LogP contribution in [0, 0.1) is 0 Å². The first-order valence-electron chi connectivity index (χ1n) is 6.96. The molecule has 1 aromatic rings. The van der Waals surface area contributed by atoms with Crippen LogP contribution in [0.2, 0.25) is 0 Å². The van der Waals surface area contributed by atoms with Gasteiger partial charge in [0.1, 0.15) is 5.75 Å². The summed E-state index contributed by atoms with van der Waals surface area (Å²) in [5.74, 6) is 0.547. The van der Waals surface area contributed by atoms with Crippen LogP contribution in [-0.4, -0.2) is 67.1 Å². The van der Waals surface area contributed by atoms with Gasteiger partial charge in [-0.1, -0.05) is 0 Å². The number of carbonyl (C=O) groups excluding carboxylic acids is 1. The SMILES string of the molecule is COc1cnccc1C(=O)N1CCN(CCCN)CC1. The van der Waals surface area contributed by atoms with Gasteiger partial charge in [-0.2, -0.15) is 0 Å². The van der Waals surface area contributed by atoms with E-state index in [1.54, 1.807) is 25.6 Å². The summed E-state index contributed by atoms with van der Waals surface area (Å²) >= 11 is 0. The highest BCUT2D eigenvalue weighted by Crippen LogP contribution is 2.18. The van der Waals surface area contributed by atoms with Gasteiger partial charge in [-0.3, -0.25) is 14.7 Å². The lowest BCUT2D eigenvalue weighted by Gasteiger charge is -2.34. The van der Waals surface area contributed by atoms with Crippen molar-refractivity contribution in [3.05, 3.63) is 24.0 Å². The number of methoxy groups -OCH3 is 1.